The van der Waals surface area contributed by atoms with Crippen LogP contribution in [0.3, 0.4) is 0 Å². The second kappa shape index (κ2) is 9.11. The SMILES string of the molecule is CCN(CC)C(=O)CNC1CCC(NC(=O)OC(C)(C)C)CC1. The Morgan fingerprint density at radius 1 is 1.04 bits per heavy atom. The van der Waals surface area contributed by atoms with Gasteiger partial charge in [-0.15, -0.1) is 0 Å². The summed E-state index contributed by atoms with van der Waals surface area (Å²) < 4.78 is 5.28. The van der Waals surface area contributed by atoms with Crippen LogP contribution in [0.2, 0.25) is 0 Å². The van der Waals surface area contributed by atoms with Crippen LogP contribution in [0.15, 0.2) is 0 Å². The molecule has 6 heteroatoms. The van der Waals surface area contributed by atoms with E-state index >= 15 is 0 Å². The van der Waals surface area contributed by atoms with Crippen LogP contribution in [0.5, 0.6) is 0 Å². The van der Waals surface area contributed by atoms with Crippen molar-refractivity contribution < 1.29 is 14.3 Å². The molecule has 0 aromatic carbocycles. The summed E-state index contributed by atoms with van der Waals surface area (Å²) in [4.78, 5) is 25.6. The minimum atomic E-state index is -0.465. The fourth-order valence-electron chi connectivity index (χ4n) is 2.84. The Labute approximate surface area is 140 Å². The first-order valence-electron chi connectivity index (χ1n) is 8.75. The summed E-state index contributed by atoms with van der Waals surface area (Å²) >= 11 is 0. The highest BCUT2D eigenvalue weighted by Crippen LogP contribution is 2.19. The van der Waals surface area contributed by atoms with Gasteiger partial charge in [0.1, 0.15) is 5.60 Å². The van der Waals surface area contributed by atoms with Gasteiger partial charge >= 0.3 is 6.09 Å². The third-order valence-corrected chi connectivity index (χ3v) is 4.11. The van der Waals surface area contributed by atoms with Crippen molar-refractivity contribution in [3.8, 4) is 0 Å². The number of rotatable bonds is 6. The molecule has 0 aromatic heterocycles. The molecule has 2 N–H and O–H groups in total. The summed E-state index contributed by atoms with van der Waals surface area (Å²) in [6, 6.07) is 0.521. The fourth-order valence-corrected chi connectivity index (χ4v) is 2.84. The van der Waals surface area contributed by atoms with E-state index in [9.17, 15) is 9.59 Å². The lowest BCUT2D eigenvalue weighted by Crippen LogP contribution is -2.46. The van der Waals surface area contributed by atoms with Crippen LogP contribution >= 0.6 is 0 Å². The minimum Gasteiger partial charge on any atom is -0.444 e. The van der Waals surface area contributed by atoms with Gasteiger partial charge in [0.2, 0.25) is 5.91 Å². The van der Waals surface area contributed by atoms with Crippen molar-refractivity contribution in [2.75, 3.05) is 19.6 Å². The predicted octanol–water partition coefficient (Wildman–Crippen LogP) is 2.28. The smallest absolute Gasteiger partial charge is 0.407 e. The fraction of sp³-hybridized carbons (Fsp3) is 0.882. The van der Waals surface area contributed by atoms with Crippen LogP contribution in [-0.2, 0) is 9.53 Å². The van der Waals surface area contributed by atoms with Crippen molar-refractivity contribution >= 4 is 12.0 Å². The molecule has 6 nitrogen and oxygen atoms in total. The number of nitrogens with zero attached hydrogens (tertiary/aromatic N) is 1. The zero-order chi connectivity index (χ0) is 17.5. The third-order valence-electron chi connectivity index (χ3n) is 4.11. The van der Waals surface area contributed by atoms with Crippen molar-refractivity contribution in [2.24, 2.45) is 0 Å². The van der Waals surface area contributed by atoms with Gasteiger partial charge in [0.25, 0.3) is 0 Å². The highest BCUT2D eigenvalue weighted by molar-refractivity contribution is 5.78. The van der Waals surface area contributed by atoms with Crippen molar-refractivity contribution in [1.82, 2.24) is 15.5 Å². The molecule has 2 amide bonds. The number of amides is 2. The van der Waals surface area contributed by atoms with E-state index in [4.69, 9.17) is 4.74 Å². The number of carbonyl (C=O) groups is 2. The van der Waals surface area contributed by atoms with Gasteiger partial charge < -0.3 is 20.3 Å². The average Bonchev–Trinajstić information content (AvgIpc) is 2.45. The van der Waals surface area contributed by atoms with E-state index in [1.54, 1.807) is 0 Å². The summed E-state index contributed by atoms with van der Waals surface area (Å²) in [6.07, 6.45) is 3.41. The van der Waals surface area contributed by atoms with Gasteiger partial charge in [-0.1, -0.05) is 0 Å². The quantitative estimate of drug-likeness (QED) is 0.785. The van der Waals surface area contributed by atoms with E-state index in [1.165, 1.54) is 0 Å². The number of nitrogens with one attached hydrogen (secondary N) is 2. The number of hydrogen-bond acceptors (Lipinski definition) is 4. The maximum Gasteiger partial charge on any atom is 0.407 e. The number of carbonyl (C=O) groups excluding carboxylic acids is 2. The standard InChI is InChI=1S/C17H33N3O3/c1-6-20(7-2)15(21)12-18-13-8-10-14(11-9-13)19-16(22)23-17(3,4)5/h13-14,18H,6-12H2,1-5H3,(H,19,22). The Bertz CT molecular complexity index is 381. The Morgan fingerprint density at radius 3 is 2.04 bits per heavy atom. The monoisotopic (exact) mass is 327 g/mol. The number of hydrogen-bond donors (Lipinski definition) is 2. The highest BCUT2D eigenvalue weighted by Gasteiger charge is 2.25. The Morgan fingerprint density at radius 2 is 1.57 bits per heavy atom. The Hall–Kier alpha value is -1.30. The molecule has 0 aromatic rings. The summed E-state index contributed by atoms with van der Waals surface area (Å²) in [5.41, 5.74) is -0.465. The summed E-state index contributed by atoms with van der Waals surface area (Å²) in [5.74, 6) is 0.156. The largest absolute Gasteiger partial charge is 0.444 e. The molecule has 1 aliphatic carbocycles. The normalized spacial score (nSPS) is 21.6. The number of ether oxygens (including phenoxy) is 1. The first-order chi connectivity index (χ1) is 10.7. The molecule has 0 atom stereocenters. The molecule has 23 heavy (non-hydrogen) atoms. The van der Waals surface area contributed by atoms with Gasteiger partial charge in [-0.3, -0.25) is 4.79 Å². The van der Waals surface area contributed by atoms with E-state index in [2.05, 4.69) is 10.6 Å². The molecule has 0 heterocycles. The molecule has 0 radical (unpaired) electrons. The molecule has 0 unspecified atom stereocenters. The Balaban J connectivity index is 2.25. The lowest BCUT2D eigenvalue weighted by Gasteiger charge is -2.31. The molecular formula is C17H33N3O3. The molecule has 1 fully saturated rings. The van der Waals surface area contributed by atoms with E-state index < -0.39 is 5.60 Å². The maximum atomic E-state index is 12.0. The van der Waals surface area contributed by atoms with Crippen LogP contribution in [-0.4, -0.2) is 54.2 Å². The van der Waals surface area contributed by atoms with Gasteiger partial charge in [-0.05, 0) is 60.3 Å². The topological polar surface area (TPSA) is 70.7 Å². The lowest BCUT2D eigenvalue weighted by atomic mass is 9.91. The van der Waals surface area contributed by atoms with Crippen molar-refractivity contribution in [1.29, 1.82) is 0 Å². The molecule has 1 rings (SSSR count). The zero-order valence-electron chi connectivity index (χ0n) is 15.3. The first kappa shape index (κ1) is 19.7. The van der Waals surface area contributed by atoms with Gasteiger partial charge in [-0.25, -0.2) is 4.79 Å². The van der Waals surface area contributed by atoms with Crippen LogP contribution in [0.25, 0.3) is 0 Å². The lowest BCUT2D eigenvalue weighted by molar-refractivity contribution is -0.130. The van der Waals surface area contributed by atoms with Gasteiger partial charge in [0.15, 0.2) is 0 Å². The third kappa shape index (κ3) is 7.68. The highest BCUT2D eigenvalue weighted by atomic mass is 16.6. The maximum absolute atomic E-state index is 12.0. The van der Waals surface area contributed by atoms with Crippen LogP contribution in [0, 0.1) is 0 Å². The van der Waals surface area contributed by atoms with E-state index in [0.29, 0.717) is 12.6 Å². The average molecular weight is 327 g/mol. The molecular weight excluding hydrogens is 294 g/mol. The van der Waals surface area contributed by atoms with Gasteiger partial charge in [0.05, 0.1) is 6.54 Å². The summed E-state index contributed by atoms with van der Waals surface area (Å²) in [6.45, 7) is 11.5. The second-order valence-electron chi connectivity index (χ2n) is 7.14. The van der Waals surface area contributed by atoms with Gasteiger partial charge in [-0.2, -0.15) is 0 Å². The first-order valence-corrected chi connectivity index (χ1v) is 8.75. The van der Waals surface area contributed by atoms with E-state index in [0.717, 1.165) is 38.8 Å². The second-order valence-corrected chi connectivity index (χ2v) is 7.14. The molecule has 1 saturated carbocycles. The number of alkyl carbamates (subject to hydrolysis) is 1. The molecule has 0 saturated heterocycles. The van der Waals surface area contributed by atoms with Crippen molar-refractivity contribution in [2.45, 2.75) is 78.0 Å². The zero-order valence-corrected chi connectivity index (χ0v) is 15.3. The number of likely N-dealkylation sites (N-methyl/N-ethyl adjacent to an activating group) is 1. The molecule has 0 spiro atoms. The Kier molecular flexibility index (Phi) is 7.82. The summed E-state index contributed by atoms with van der Waals surface area (Å²) in [7, 11) is 0. The molecule has 1 aliphatic rings. The van der Waals surface area contributed by atoms with Crippen molar-refractivity contribution in [3.63, 3.8) is 0 Å². The van der Waals surface area contributed by atoms with E-state index in [-0.39, 0.29) is 18.0 Å². The van der Waals surface area contributed by atoms with Crippen molar-refractivity contribution in [3.05, 3.63) is 0 Å². The predicted molar refractivity (Wildman–Crippen MR) is 91.3 cm³/mol. The summed E-state index contributed by atoms with van der Waals surface area (Å²) in [5, 5.41) is 6.28. The molecule has 0 aliphatic heterocycles. The molecule has 0 bridgehead atoms. The van der Waals surface area contributed by atoms with Crippen LogP contribution in [0.1, 0.15) is 60.3 Å². The van der Waals surface area contributed by atoms with Gasteiger partial charge in [0, 0.05) is 25.2 Å². The molecule has 134 valence electrons. The minimum absolute atomic E-state index is 0.156. The van der Waals surface area contributed by atoms with Crippen LogP contribution < -0.4 is 10.6 Å². The van der Waals surface area contributed by atoms with E-state index in [1.807, 2.05) is 39.5 Å². The van der Waals surface area contributed by atoms with Crippen LogP contribution in [0.4, 0.5) is 4.79 Å².